The molecule has 4 aromatic rings. The number of aromatic nitrogens is 4. The van der Waals surface area contributed by atoms with Crippen LogP contribution < -0.4 is 0 Å². The second-order valence-electron chi connectivity index (χ2n) is 7.32. The second kappa shape index (κ2) is 7.31. The lowest BCUT2D eigenvalue weighted by molar-refractivity contribution is -0.137. The Morgan fingerprint density at radius 1 is 1.03 bits per heavy atom. The topological polar surface area (TPSA) is 43.6 Å². The fourth-order valence-electron chi connectivity index (χ4n) is 3.49. The summed E-state index contributed by atoms with van der Waals surface area (Å²) in [5, 5.41) is 5.07. The van der Waals surface area contributed by atoms with Crippen molar-refractivity contribution in [1.82, 2.24) is 19.7 Å². The number of fused-ring (bicyclic) bond motifs is 1. The van der Waals surface area contributed by atoms with E-state index in [2.05, 4.69) is 23.9 Å². The third kappa shape index (κ3) is 3.72. The minimum Gasteiger partial charge on any atom is -0.252 e. The first-order chi connectivity index (χ1) is 13.8. The van der Waals surface area contributed by atoms with Gasteiger partial charge < -0.3 is 0 Å². The maximum atomic E-state index is 13.4. The largest absolute Gasteiger partial charge is 0.416 e. The van der Waals surface area contributed by atoms with Gasteiger partial charge in [-0.05, 0) is 36.1 Å². The highest BCUT2D eigenvalue weighted by Crippen LogP contribution is 2.38. The van der Waals surface area contributed by atoms with Crippen LogP contribution in [0.4, 0.5) is 13.2 Å². The zero-order valence-corrected chi connectivity index (χ0v) is 16.0. The van der Waals surface area contributed by atoms with Gasteiger partial charge in [0.25, 0.3) is 0 Å². The molecule has 0 saturated heterocycles. The number of hydrogen-bond donors (Lipinski definition) is 0. The number of alkyl halides is 3. The van der Waals surface area contributed by atoms with Gasteiger partial charge in [0.2, 0.25) is 0 Å². The molecule has 0 radical (unpaired) electrons. The molecule has 0 saturated carbocycles. The second-order valence-corrected chi connectivity index (χ2v) is 7.32. The van der Waals surface area contributed by atoms with Crippen molar-refractivity contribution in [2.45, 2.75) is 26.4 Å². The van der Waals surface area contributed by atoms with Crippen molar-refractivity contribution in [2.24, 2.45) is 5.92 Å². The molecule has 0 aliphatic carbocycles. The summed E-state index contributed by atoms with van der Waals surface area (Å²) in [6.07, 6.45) is -0.838. The smallest absolute Gasteiger partial charge is 0.252 e. The SMILES string of the molecule is CC(C)Cc1nc2ccccc2c(-n2cncn2)c1-c1cccc(C(F)(F)F)c1. The van der Waals surface area contributed by atoms with Crippen molar-refractivity contribution in [3.8, 4) is 16.8 Å². The van der Waals surface area contributed by atoms with Crippen LogP contribution in [0.5, 0.6) is 0 Å². The first kappa shape index (κ1) is 19.1. The summed E-state index contributed by atoms with van der Waals surface area (Å²) < 4.78 is 41.7. The highest BCUT2D eigenvalue weighted by Gasteiger charge is 2.31. The lowest BCUT2D eigenvalue weighted by Crippen LogP contribution is -2.09. The molecule has 4 nitrogen and oxygen atoms in total. The molecule has 0 bridgehead atoms. The van der Waals surface area contributed by atoms with E-state index < -0.39 is 11.7 Å². The molecule has 2 aromatic carbocycles. The van der Waals surface area contributed by atoms with E-state index in [0.29, 0.717) is 23.2 Å². The van der Waals surface area contributed by atoms with Gasteiger partial charge in [0.1, 0.15) is 12.7 Å². The van der Waals surface area contributed by atoms with E-state index in [-0.39, 0.29) is 5.92 Å². The first-order valence-electron chi connectivity index (χ1n) is 9.29. The van der Waals surface area contributed by atoms with Gasteiger partial charge in [0, 0.05) is 10.9 Å². The number of halogens is 3. The lowest BCUT2D eigenvalue weighted by atomic mass is 9.93. The monoisotopic (exact) mass is 396 g/mol. The Labute approximate surface area is 166 Å². The molecule has 29 heavy (non-hydrogen) atoms. The zero-order valence-electron chi connectivity index (χ0n) is 16.0. The van der Waals surface area contributed by atoms with Crippen LogP contribution in [0.2, 0.25) is 0 Å². The summed E-state index contributed by atoms with van der Waals surface area (Å²) in [6, 6.07) is 12.9. The number of para-hydroxylation sites is 1. The number of hydrogen-bond acceptors (Lipinski definition) is 3. The lowest BCUT2D eigenvalue weighted by Gasteiger charge is -2.19. The molecule has 2 aromatic heterocycles. The van der Waals surface area contributed by atoms with Crippen molar-refractivity contribution >= 4 is 10.9 Å². The minimum absolute atomic E-state index is 0.275. The van der Waals surface area contributed by atoms with Crippen LogP contribution in [0.25, 0.3) is 27.7 Å². The van der Waals surface area contributed by atoms with Crippen molar-refractivity contribution in [3.63, 3.8) is 0 Å². The molecule has 148 valence electrons. The van der Waals surface area contributed by atoms with E-state index >= 15 is 0 Å². The Morgan fingerprint density at radius 2 is 1.83 bits per heavy atom. The van der Waals surface area contributed by atoms with Crippen LogP contribution >= 0.6 is 0 Å². The molecule has 4 rings (SSSR count). The molecule has 0 aliphatic heterocycles. The van der Waals surface area contributed by atoms with Crippen LogP contribution in [-0.2, 0) is 12.6 Å². The predicted molar refractivity (Wildman–Crippen MR) is 106 cm³/mol. The van der Waals surface area contributed by atoms with Crippen LogP contribution in [0.3, 0.4) is 0 Å². The van der Waals surface area contributed by atoms with Gasteiger partial charge in [-0.15, -0.1) is 0 Å². The van der Waals surface area contributed by atoms with Crippen molar-refractivity contribution in [1.29, 1.82) is 0 Å². The normalized spacial score (nSPS) is 12.1. The van der Waals surface area contributed by atoms with Crippen LogP contribution in [0.15, 0.2) is 61.2 Å². The summed E-state index contributed by atoms with van der Waals surface area (Å²) in [5.41, 5.74) is 2.60. The molecule has 7 heteroatoms. The molecular weight excluding hydrogens is 377 g/mol. The number of benzene rings is 2. The Bertz CT molecular complexity index is 1150. The van der Waals surface area contributed by atoms with Gasteiger partial charge in [-0.2, -0.15) is 18.3 Å². The average Bonchev–Trinajstić information content (AvgIpc) is 3.20. The van der Waals surface area contributed by atoms with Gasteiger partial charge in [-0.3, -0.25) is 4.98 Å². The summed E-state index contributed by atoms with van der Waals surface area (Å²) >= 11 is 0. The molecule has 0 unspecified atom stereocenters. The molecule has 2 heterocycles. The van der Waals surface area contributed by atoms with E-state index in [1.165, 1.54) is 18.5 Å². The standard InChI is InChI=1S/C22H19F3N4/c1-14(2)10-19-20(15-6-5-7-16(11-15)22(23,24)25)21(29-13-26-12-27-29)17-8-3-4-9-18(17)28-19/h3-9,11-14H,10H2,1-2H3. The van der Waals surface area contributed by atoms with Crippen molar-refractivity contribution < 1.29 is 13.2 Å². The van der Waals surface area contributed by atoms with E-state index in [1.807, 2.05) is 24.3 Å². The molecule has 0 spiro atoms. The summed E-state index contributed by atoms with van der Waals surface area (Å²) in [6.45, 7) is 4.11. The Kier molecular flexibility index (Phi) is 4.82. The van der Waals surface area contributed by atoms with Crippen LogP contribution in [0.1, 0.15) is 25.1 Å². The van der Waals surface area contributed by atoms with Crippen LogP contribution in [0, 0.1) is 5.92 Å². The van der Waals surface area contributed by atoms with E-state index in [1.54, 1.807) is 17.1 Å². The van der Waals surface area contributed by atoms with Gasteiger partial charge >= 0.3 is 6.18 Å². The number of rotatable bonds is 4. The van der Waals surface area contributed by atoms with Gasteiger partial charge in [-0.1, -0.05) is 44.2 Å². The minimum atomic E-state index is -4.42. The summed E-state index contributed by atoms with van der Waals surface area (Å²) in [7, 11) is 0. The number of nitrogens with zero attached hydrogens (tertiary/aromatic N) is 4. The summed E-state index contributed by atoms with van der Waals surface area (Å²) in [5.74, 6) is 0.275. The molecule has 0 aliphatic rings. The third-order valence-electron chi connectivity index (χ3n) is 4.67. The first-order valence-corrected chi connectivity index (χ1v) is 9.29. The fraction of sp³-hybridized carbons (Fsp3) is 0.227. The van der Waals surface area contributed by atoms with Gasteiger partial charge in [0.15, 0.2) is 0 Å². The maximum Gasteiger partial charge on any atom is 0.416 e. The zero-order chi connectivity index (χ0) is 20.6. The van der Waals surface area contributed by atoms with E-state index in [0.717, 1.165) is 22.7 Å². The predicted octanol–water partition coefficient (Wildman–Crippen LogP) is 5.70. The molecule has 0 fully saturated rings. The van der Waals surface area contributed by atoms with Gasteiger partial charge in [0.05, 0.1) is 22.5 Å². The van der Waals surface area contributed by atoms with Crippen molar-refractivity contribution in [3.05, 3.63) is 72.4 Å². The Morgan fingerprint density at radius 3 is 2.52 bits per heavy atom. The fourth-order valence-corrected chi connectivity index (χ4v) is 3.49. The molecule has 0 atom stereocenters. The maximum absolute atomic E-state index is 13.4. The van der Waals surface area contributed by atoms with Crippen molar-refractivity contribution in [2.75, 3.05) is 0 Å². The Hall–Kier alpha value is -3.22. The Balaban J connectivity index is 2.10. The highest BCUT2D eigenvalue weighted by molar-refractivity contribution is 5.96. The van der Waals surface area contributed by atoms with E-state index in [4.69, 9.17) is 4.98 Å². The summed E-state index contributed by atoms with van der Waals surface area (Å²) in [4.78, 5) is 8.85. The molecule has 0 N–H and O–H groups in total. The highest BCUT2D eigenvalue weighted by atomic mass is 19.4. The third-order valence-corrected chi connectivity index (χ3v) is 4.67. The van der Waals surface area contributed by atoms with Crippen LogP contribution in [-0.4, -0.2) is 19.7 Å². The van der Waals surface area contributed by atoms with Gasteiger partial charge in [-0.25, -0.2) is 9.67 Å². The molecular formula is C22H19F3N4. The molecule has 0 amide bonds. The van der Waals surface area contributed by atoms with E-state index in [9.17, 15) is 13.2 Å². The average molecular weight is 396 g/mol. The number of pyridine rings is 1. The quantitative estimate of drug-likeness (QED) is 0.444.